The molecule has 1 aromatic carbocycles. The first-order chi connectivity index (χ1) is 12.7. The van der Waals surface area contributed by atoms with Crippen LogP contribution in [-0.4, -0.2) is 37.4 Å². The van der Waals surface area contributed by atoms with E-state index >= 15 is 0 Å². The van der Waals surface area contributed by atoms with Crippen LogP contribution in [0.5, 0.6) is 5.75 Å². The van der Waals surface area contributed by atoms with Crippen molar-refractivity contribution in [3.63, 3.8) is 0 Å². The van der Waals surface area contributed by atoms with E-state index in [2.05, 4.69) is 15.5 Å². The molecule has 0 radical (unpaired) electrons. The zero-order valence-electron chi connectivity index (χ0n) is 16.6. The van der Waals surface area contributed by atoms with Crippen LogP contribution in [-0.2, 0) is 18.4 Å². The molecule has 1 aliphatic carbocycles. The number of hydrogen-bond donors (Lipinski definition) is 2. The molecule has 7 heteroatoms. The van der Waals surface area contributed by atoms with Gasteiger partial charge in [0.05, 0.1) is 0 Å². The molecule has 0 aliphatic heterocycles. The minimum absolute atomic E-state index is 0.0956. The van der Waals surface area contributed by atoms with Gasteiger partial charge in [0.2, 0.25) is 0 Å². The number of nitrogens with one attached hydrogen (secondary N) is 1. The van der Waals surface area contributed by atoms with E-state index in [4.69, 9.17) is 4.74 Å². The Morgan fingerprint density at radius 2 is 2.04 bits per heavy atom. The monoisotopic (exact) mass is 372 g/mol. The fourth-order valence-corrected chi connectivity index (χ4v) is 3.33. The number of aliphatic hydroxyl groups excluding tert-OH is 1. The first kappa shape index (κ1) is 19.4. The lowest BCUT2D eigenvalue weighted by Crippen LogP contribution is -2.53. The Kier molecular flexibility index (Phi) is 5.24. The molecule has 0 spiro atoms. The van der Waals surface area contributed by atoms with Gasteiger partial charge >= 0.3 is 0 Å². The summed E-state index contributed by atoms with van der Waals surface area (Å²) in [5, 5.41) is 20.4. The minimum Gasteiger partial charge on any atom is -0.478 e. The van der Waals surface area contributed by atoms with Crippen LogP contribution >= 0.6 is 0 Å². The van der Waals surface area contributed by atoms with Crippen molar-refractivity contribution in [1.29, 1.82) is 0 Å². The lowest BCUT2D eigenvalue weighted by Gasteiger charge is -2.37. The second-order valence-corrected chi connectivity index (χ2v) is 7.84. The number of nitrogens with zero attached hydrogens (tertiary/aromatic N) is 3. The van der Waals surface area contributed by atoms with E-state index in [1.54, 1.807) is 13.8 Å². The molecule has 2 N–H and O–H groups in total. The topological polar surface area (TPSA) is 89.3 Å². The molecule has 0 bridgehead atoms. The van der Waals surface area contributed by atoms with Crippen molar-refractivity contribution in [3.8, 4) is 5.75 Å². The van der Waals surface area contributed by atoms with Gasteiger partial charge in [0.1, 0.15) is 18.2 Å². The normalized spacial score (nSPS) is 19.5. The van der Waals surface area contributed by atoms with Crippen molar-refractivity contribution < 1.29 is 14.6 Å². The van der Waals surface area contributed by atoms with Crippen molar-refractivity contribution >= 4 is 5.91 Å². The smallest absolute Gasteiger partial charge is 0.263 e. The predicted molar refractivity (Wildman–Crippen MR) is 101 cm³/mol. The van der Waals surface area contributed by atoms with Gasteiger partial charge < -0.3 is 19.7 Å². The third-order valence-corrected chi connectivity index (χ3v) is 5.45. The van der Waals surface area contributed by atoms with E-state index in [1.165, 1.54) is 0 Å². The molecule has 1 aliphatic rings. The third-order valence-electron chi connectivity index (χ3n) is 5.45. The van der Waals surface area contributed by atoms with Gasteiger partial charge in [-0.15, -0.1) is 10.2 Å². The summed E-state index contributed by atoms with van der Waals surface area (Å²) in [6, 6.07) is 5.95. The summed E-state index contributed by atoms with van der Waals surface area (Å²) in [6.45, 7) is 7.47. The molecule has 0 atom stereocenters. The van der Waals surface area contributed by atoms with Crippen molar-refractivity contribution in [3.05, 3.63) is 41.0 Å². The van der Waals surface area contributed by atoms with Gasteiger partial charge in [0.25, 0.3) is 5.91 Å². The van der Waals surface area contributed by atoms with Gasteiger partial charge in [-0.25, -0.2) is 0 Å². The van der Waals surface area contributed by atoms with Crippen molar-refractivity contribution in [2.24, 2.45) is 7.05 Å². The quantitative estimate of drug-likeness (QED) is 0.811. The number of ether oxygens (including phenoxy) is 1. The lowest BCUT2D eigenvalue weighted by molar-refractivity contribution is -0.135. The van der Waals surface area contributed by atoms with Crippen LogP contribution in [0.25, 0.3) is 0 Å². The fraction of sp³-hybridized carbons (Fsp3) is 0.550. The van der Waals surface area contributed by atoms with E-state index in [1.807, 2.05) is 43.7 Å². The van der Waals surface area contributed by atoms with Crippen LogP contribution in [0, 0.1) is 13.8 Å². The number of rotatable bonds is 6. The van der Waals surface area contributed by atoms with Crippen LogP contribution in [0.1, 0.15) is 55.4 Å². The fourth-order valence-electron chi connectivity index (χ4n) is 3.33. The standard InChI is InChI=1S/C20H28N4O3/c1-12-7-6-8-16(13(12)2)27-20(3,4)19(26)21-15-9-14(10-15)18-23-22-17(11-25)24(18)5/h6-8,14-15,25H,9-11H2,1-5H3,(H,21,26). The Bertz CT molecular complexity index is 838. The molecule has 0 saturated heterocycles. The molecule has 1 amide bonds. The predicted octanol–water partition coefficient (Wildman–Crippen LogP) is 2.14. The number of carbonyl (C=O) groups is 1. The number of aryl methyl sites for hydroxylation is 1. The highest BCUT2D eigenvalue weighted by molar-refractivity contribution is 5.85. The summed E-state index contributed by atoms with van der Waals surface area (Å²) in [4.78, 5) is 12.7. The van der Waals surface area contributed by atoms with Gasteiger partial charge in [-0.05, 0) is 57.7 Å². The molecule has 146 valence electrons. The van der Waals surface area contributed by atoms with E-state index in [0.717, 1.165) is 35.5 Å². The highest BCUT2D eigenvalue weighted by atomic mass is 16.5. The first-order valence-electron chi connectivity index (χ1n) is 9.28. The van der Waals surface area contributed by atoms with E-state index in [0.29, 0.717) is 5.82 Å². The number of aromatic nitrogens is 3. The van der Waals surface area contributed by atoms with Gasteiger partial charge in [-0.2, -0.15) is 0 Å². The summed E-state index contributed by atoms with van der Waals surface area (Å²) in [7, 11) is 1.86. The summed E-state index contributed by atoms with van der Waals surface area (Å²) in [5.41, 5.74) is 1.22. The van der Waals surface area contributed by atoms with Crippen molar-refractivity contribution in [2.75, 3.05) is 0 Å². The summed E-state index contributed by atoms with van der Waals surface area (Å²) in [6.07, 6.45) is 1.62. The average Bonchev–Trinajstić information content (AvgIpc) is 2.94. The number of carbonyl (C=O) groups excluding carboxylic acids is 1. The van der Waals surface area contributed by atoms with Gasteiger partial charge in [-0.1, -0.05) is 12.1 Å². The molecule has 2 aromatic rings. The molecule has 1 heterocycles. The molecule has 1 saturated carbocycles. The Labute approximate surface area is 159 Å². The van der Waals surface area contributed by atoms with Crippen molar-refractivity contribution in [2.45, 2.75) is 64.7 Å². The Morgan fingerprint density at radius 1 is 1.33 bits per heavy atom. The maximum atomic E-state index is 12.7. The highest BCUT2D eigenvalue weighted by Crippen LogP contribution is 2.36. The molecule has 0 unspecified atom stereocenters. The van der Waals surface area contributed by atoms with Crippen LogP contribution in [0.4, 0.5) is 0 Å². The Morgan fingerprint density at radius 3 is 2.67 bits per heavy atom. The zero-order chi connectivity index (χ0) is 19.8. The maximum Gasteiger partial charge on any atom is 0.263 e. The van der Waals surface area contributed by atoms with Crippen molar-refractivity contribution in [1.82, 2.24) is 20.1 Å². The Hall–Kier alpha value is -2.41. The Balaban J connectivity index is 1.57. The molecule has 1 aromatic heterocycles. The zero-order valence-corrected chi connectivity index (χ0v) is 16.6. The van der Waals surface area contributed by atoms with E-state index in [-0.39, 0.29) is 24.5 Å². The first-order valence-corrected chi connectivity index (χ1v) is 9.28. The SMILES string of the molecule is Cc1cccc(OC(C)(C)C(=O)NC2CC(c3nnc(CO)n3C)C2)c1C. The summed E-state index contributed by atoms with van der Waals surface area (Å²) < 4.78 is 7.86. The number of benzene rings is 1. The number of aliphatic hydroxyl groups is 1. The average molecular weight is 372 g/mol. The van der Waals surface area contributed by atoms with Crippen LogP contribution in [0.15, 0.2) is 18.2 Å². The largest absolute Gasteiger partial charge is 0.478 e. The number of amides is 1. The summed E-state index contributed by atoms with van der Waals surface area (Å²) >= 11 is 0. The second kappa shape index (κ2) is 7.31. The molecular weight excluding hydrogens is 344 g/mol. The maximum absolute atomic E-state index is 12.7. The molecule has 27 heavy (non-hydrogen) atoms. The van der Waals surface area contributed by atoms with Crippen LogP contribution in [0.2, 0.25) is 0 Å². The van der Waals surface area contributed by atoms with Crippen LogP contribution < -0.4 is 10.1 Å². The number of hydrogen-bond acceptors (Lipinski definition) is 5. The molecule has 3 rings (SSSR count). The van der Waals surface area contributed by atoms with E-state index in [9.17, 15) is 9.90 Å². The highest BCUT2D eigenvalue weighted by Gasteiger charge is 2.38. The molecule has 1 fully saturated rings. The minimum atomic E-state index is -0.960. The van der Waals surface area contributed by atoms with Gasteiger partial charge in [0.15, 0.2) is 11.4 Å². The van der Waals surface area contributed by atoms with Gasteiger partial charge in [-0.3, -0.25) is 4.79 Å². The van der Waals surface area contributed by atoms with Gasteiger partial charge in [0, 0.05) is 19.0 Å². The lowest BCUT2D eigenvalue weighted by atomic mass is 9.79. The summed E-state index contributed by atoms with van der Waals surface area (Å²) in [5.74, 6) is 2.27. The van der Waals surface area contributed by atoms with Crippen LogP contribution in [0.3, 0.4) is 0 Å². The third kappa shape index (κ3) is 3.83. The van der Waals surface area contributed by atoms with E-state index < -0.39 is 5.60 Å². The second-order valence-electron chi connectivity index (χ2n) is 7.84. The molecule has 7 nitrogen and oxygen atoms in total. The molecular formula is C20H28N4O3.